The number of furan rings is 1. The van der Waals surface area contributed by atoms with Crippen molar-refractivity contribution in [1.29, 1.82) is 5.41 Å². The van der Waals surface area contributed by atoms with Crippen molar-refractivity contribution in [1.82, 2.24) is 9.97 Å². The van der Waals surface area contributed by atoms with Gasteiger partial charge in [0.2, 0.25) is 5.71 Å². The molecule has 4 nitrogen and oxygen atoms in total. The van der Waals surface area contributed by atoms with Gasteiger partial charge in [-0.1, -0.05) is 0 Å². The highest BCUT2D eigenvalue weighted by molar-refractivity contribution is 5.79. The van der Waals surface area contributed by atoms with Crippen LogP contribution < -0.4 is 0 Å². The molecule has 0 aromatic carbocycles. The van der Waals surface area contributed by atoms with E-state index >= 15 is 0 Å². The van der Waals surface area contributed by atoms with Gasteiger partial charge in [-0.25, -0.2) is 0 Å². The molecule has 0 aliphatic carbocycles. The van der Waals surface area contributed by atoms with E-state index in [1.807, 2.05) is 0 Å². The number of hydrogen-bond acceptors (Lipinski definition) is 3. The van der Waals surface area contributed by atoms with Crippen molar-refractivity contribution < 1.29 is 4.42 Å². The summed E-state index contributed by atoms with van der Waals surface area (Å²) in [7, 11) is 0. The average molecular weight is 135 g/mol. The first kappa shape index (κ1) is 5.22. The molecule has 0 aliphatic rings. The molecule has 50 valence electrons. The topological polar surface area (TPSA) is 65.7 Å². The highest BCUT2D eigenvalue weighted by Crippen LogP contribution is 2.09. The second-order valence-corrected chi connectivity index (χ2v) is 1.91. The summed E-state index contributed by atoms with van der Waals surface area (Å²) < 4.78 is 4.95. The predicted octanol–water partition coefficient (Wildman–Crippen LogP) is 1.15. The Bertz CT molecular complexity index is 331. The quantitative estimate of drug-likeness (QED) is 0.576. The number of aromatic amines is 1. The van der Waals surface area contributed by atoms with E-state index in [-0.39, 0.29) is 0 Å². The maximum absolute atomic E-state index is 6.85. The SMILES string of the molecule is N=Cc1nc2occc2[nH]1. The standard InChI is InChI=1S/C6H5N3O/c7-3-5-8-4-1-2-10-6(4)9-5/h1-3,7H,(H,8,9). The monoisotopic (exact) mass is 135 g/mol. The number of nitrogens with zero attached hydrogens (tertiary/aromatic N) is 1. The molecule has 2 rings (SSSR count). The molecule has 2 heterocycles. The van der Waals surface area contributed by atoms with Gasteiger partial charge < -0.3 is 14.8 Å². The zero-order valence-electron chi connectivity index (χ0n) is 5.09. The predicted molar refractivity (Wildman–Crippen MR) is 36.2 cm³/mol. The maximum atomic E-state index is 6.85. The summed E-state index contributed by atoms with van der Waals surface area (Å²) >= 11 is 0. The van der Waals surface area contributed by atoms with Gasteiger partial charge >= 0.3 is 0 Å². The summed E-state index contributed by atoms with van der Waals surface area (Å²) in [4.78, 5) is 6.80. The lowest BCUT2D eigenvalue weighted by atomic mass is 10.6. The number of nitrogens with one attached hydrogen (secondary N) is 2. The summed E-state index contributed by atoms with van der Waals surface area (Å²) in [6.45, 7) is 0. The highest BCUT2D eigenvalue weighted by atomic mass is 16.3. The van der Waals surface area contributed by atoms with Crippen molar-refractivity contribution in [3.63, 3.8) is 0 Å². The van der Waals surface area contributed by atoms with E-state index in [0.717, 1.165) is 11.7 Å². The van der Waals surface area contributed by atoms with Crippen LogP contribution >= 0.6 is 0 Å². The molecule has 0 amide bonds. The largest absolute Gasteiger partial charge is 0.445 e. The van der Waals surface area contributed by atoms with Crippen molar-refractivity contribution in [2.45, 2.75) is 0 Å². The van der Waals surface area contributed by atoms with E-state index in [9.17, 15) is 0 Å². The molecule has 2 N–H and O–H groups in total. The molecule has 0 aliphatic heterocycles. The third kappa shape index (κ3) is 0.556. The number of aromatic nitrogens is 2. The van der Waals surface area contributed by atoms with E-state index in [2.05, 4.69) is 9.97 Å². The van der Waals surface area contributed by atoms with Gasteiger partial charge in [-0.15, -0.1) is 0 Å². The van der Waals surface area contributed by atoms with Crippen LogP contribution in [0.4, 0.5) is 0 Å². The molecule has 0 unspecified atom stereocenters. The van der Waals surface area contributed by atoms with Crippen LogP contribution in [0, 0.1) is 5.41 Å². The maximum Gasteiger partial charge on any atom is 0.244 e. The minimum atomic E-state index is 0.523. The summed E-state index contributed by atoms with van der Waals surface area (Å²) in [6.07, 6.45) is 2.71. The van der Waals surface area contributed by atoms with Crippen molar-refractivity contribution in [2.24, 2.45) is 0 Å². The molecule has 4 heteroatoms. The molecule has 0 spiro atoms. The number of rotatable bonds is 1. The lowest BCUT2D eigenvalue weighted by Gasteiger charge is -1.74. The highest BCUT2D eigenvalue weighted by Gasteiger charge is 2.00. The fourth-order valence-corrected chi connectivity index (χ4v) is 0.827. The van der Waals surface area contributed by atoms with Crippen LogP contribution in [0.1, 0.15) is 5.82 Å². The molecule has 2 aromatic rings. The molecule has 0 bridgehead atoms. The first-order chi connectivity index (χ1) is 4.90. The van der Waals surface area contributed by atoms with Crippen molar-refractivity contribution in [3.8, 4) is 0 Å². The Kier molecular flexibility index (Phi) is 0.887. The van der Waals surface area contributed by atoms with Crippen LogP contribution in [-0.2, 0) is 0 Å². The minimum absolute atomic E-state index is 0.523. The molecule has 0 atom stereocenters. The van der Waals surface area contributed by atoms with Crippen molar-refractivity contribution >= 4 is 17.4 Å². The van der Waals surface area contributed by atoms with Crippen molar-refractivity contribution in [2.75, 3.05) is 0 Å². The minimum Gasteiger partial charge on any atom is -0.445 e. The second kappa shape index (κ2) is 1.70. The molecular weight excluding hydrogens is 130 g/mol. The number of fused-ring (bicyclic) bond motifs is 1. The summed E-state index contributed by atoms with van der Waals surface area (Å²) in [5.41, 5.74) is 1.39. The number of H-pyrrole nitrogens is 1. The molecule has 0 fully saturated rings. The first-order valence-corrected chi connectivity index (χ1v) is 2.84. The van der Waals surface area contributed by atoms with E-state index < -0.39 is 0 Å². The van der Waals surface area contributed by atoms with Gasteiger partial charge in [0.1, 0.15) is 5.52 Å². The van der Waals surface area contributed by atoms with Crippen LogP contribution in [0.5, 0.6) is 0 Å². The van der Waals surface area contributed by atoms with Crippen LogP contribution in [0.15, 0.2) is 16.7 Å². The molecule has 0 saturated heterocycles. The first-order valence-electron chi connectivity index (χ1n) is 2.84. The van der Waals surface area contributed by atoms with Crippen molar-refractivity contribution in [3.05, 3.63) is 18.2 Å². The Hall–Kier alpha value is -1.58. The zero-order chi connectivity index (χ0) is 6.97. The normalized spacial score (nSPS) is 10.4. The Morgan fingerprint density at radius 3 is 3.30 bits per heavy atom. The van der Waals surface area contributed by atoms with Crippen LogP contribution in [0.2, 0.25) is 0 Å². The molecular formula is C6H5N3O. The third-order valence-corrected chi connectivity index (χ3v) is 1.27. The summed E-state index contributed by atoms with van der Waals surface area (Å²) in [6, 6.07) is 1.77. The summed E-state index contributed by atoms with van der Waals surface area (Å²) in [5.74, 6) is 0.523. The fourth-order valence-electron chi connectivity index (χ4n) is 0.827. The fraction of sp³-hybridized carbons (Fsp3) is 0. The molecule has 0 saturated carbocycles. The average Bonchev–Trinajstić information content (AvgIpc) is 2.42. The van der Waals surface area contributed by atoms with Gasteiger partial charge in [-0.05, 0) is 0 Å². The van der Waals surface area contributed by atoms with Crippen LogP contribution in [-0.4, -0.2) is 16.2 Å². The zero-order valence-corrected chi connectivity index (χ0v) is 5.09. The lowest BCUT2D eigenvalue weighted by molar-refractivity contribution is 0.604. The Labute approximate surface area is 56.4 Å². The smallest absolute Gasteiger partial charge is 0.244 e. The Balaban J connectivity index is 2.78. The van der Waals surface area contributed by atoms with Gasteiger partial charge in [0.05, 0.1) is 12.5 Å². The van der Waals surface area contributed by atoms with E-state index in [1.165, 1.54) is 0 Å². The van der Waals surface area contributed by atoms with Gasteiger partial charge in [-0.2, -0.15) is 4.98 Å². The van der Waals surface area contributed by atoms with Gasteiger partial charge in [0.25, 0.3) is 0 Å². The van der Waals surface area contributed by atoms with Gasteiger partial charge in [0.15, 0.2) is 5.82 Å². The van der Waals surface area contributed by atoms with Crippen LogP contribution in [0.25, 0.3) is 11.2 Å². The van der Waals surface area contributed by atoms with E-state index in [1.54, 1.807) is 12.3 Å². The molecule has 0 radical (unpaired) electrons. The van der Waals surface area contributed by atoms with Gasteiger partial charge in [0, 0.05) is 6.07 Å². The molecule has 2 aromatic heterocycles. The second-order valence-electron chi connectivity index (χ2n) is 1.91. The Morgan fingerprint density at radius 1 is 1.70 bits per heavy atom. The number of imidazole rings is 1. The Morgan fingerprint density at radius 2 is 2.60 bits per heavy atom. The number of hydrogen-bond donors (Lipinski definition) is 2. The lowest BCUT2D eigenvalue weighted by Crippen LogP contribution is -1.79. The third-order valence-electron chi connectivity index (χ3n) is 1.27. The van der Waals surface area contributed by atoms with Crippen LogP contribution in [0.3, 0.4) is 0 Å². The summed E-state index contributed by atoms with van der Waals surface area (Å²) in [5, 5.41) is 6.85. The van der Waals surface area contributed by atoms with E-state index in [0.29, 0.717) is 11.5 Å². The van der Waals surface area contributed by atoms with E-state index in [4.69, 9.17) is 9.83 Å². The molecule has 10 heavy (non-hydrogen) atoms. The van der Waals surface area contributed by atoms with Gasteiger partial charge in [-0.3, -0.25) is 0 Å².